The molecule has 0 aliphatic carbocycles. The van der Waals surface area contributed by atoms with Gasteiger partial charge < -0.3 is 10.4 Å². The number of pyridine rings is 1. The fourth-order valence-corrected chi connectivity index (χ4v) is 1.88. The van der Waals surface area contributed by atoms with Crippen molar-refractivity contribution in [3.8, 4) is 0 Å². The van der Waals surface area contributed by atoms with Gasteiger partial charge in [-0.2, -0.15) is 0 Å². The largest absolute Gasteiger partial charge is 0.387 e. The zero-order valence-corrected chi connectivity index (χ0v) is 10.8. The average molecular weight is 260 g/mol. The third-order valence-corrected chi connectivity index (χ3v) is 3.01. The van der Waals surface area contributed by atoms with E-state index in [1.165, 1.54) is 6.07 Å². The minimum Gasteiger partial charge on any atom is -0.387 e. The van der Waals surface area contributed by atoms with Crippen molar-refractivity contribution >= 4 is 0 Å². The molecule has 0 amide bonds. The molecule has 1 aromatic carbocycles. The van der Waals surface area contributed by atoms with Crippen molar-refractivity contribution in [3.63, 3.8) is 0 Å². The standard InChI is InChI=1S/C15H17FN2O/c1-11(14-8-4-5-9-17-14)18-10-15(19)12-6-2-3-7-13(12)16/h2-9,11,15,18-19H,10H2,1H3. The smallest absolute Gasteiger partial charge is 0.129 e. The number of aliphatic hydroxyl groups excluding tert-OH is 1. The Morgan fingerprint density at radius 3 is 2.63 bits per heavy atom. The first kappa shape index (κ1) is 13.6. The molecule has 0 saturated heterocycles. The van der Waals surface area contributed by atoms with Gasteiger partial charge in [-0.15, -0.1) is 0 Å². The van der Waals surface area contributed by atoms with Gasteiger partial charge in [-0.25, -0.2) is 4.39 Å². The van der Waals surface area contributed by atoms with Gasteiger partial charge >= 0.3 is 0 Å². The van der Waals surface area contributed by atoms with E-state index in [4.69, 9.17) is 0 Å². The first-order valence-electron chi connectivity index (χ1n) is 6.25. The summed E-state index contributed by atoms with van der Waals surface area (Å²) in [5, 5.41) is 13.1. The van der Waals surface area contributed by atoms with Gasteiger partial charge in [0.1, 0.15) is 5.82 Å². The van der Waals surface area contributed by atoms with E-state index in [1.54, 1.807) is 24.4 Å². The molecule has 2 unspecified atom stereocenters. The van der Waals surface area contributed by atoms with E-state index in [0.29, 0.717) is 5.56 Å². The summed E-state index contributed by atoms with van der Waals surface area (Å²) >= 11 is 0. The zero-order valence-electron chi connectivity index (χ0n) is 10.8. The molecule has 4 heteroatoms. The summed E-state index contributed by atoms with van der Waals surface area (Å²) in [6, 6.07) is 11.9. The molecule has 0 bridgehead atoms. The Labute approximate surface area is 112 Å². The molecule has 2 atom stereocenters. The van der Waals surface area contributed by atoms with E-state index >= 15 is 0 Å². The van der Waals surface area contributed by atoms with Crippen LogP contribution in [-0.4, -0.2) is 16.6 Å². The second kappa shape index (κ2) is 6.41. The van der Waals surface area contributed by atoms with Crippen LogP contribution in [-0.2, 0) is 0 Å². The Hall–Kier alpha value is -1.78. The van der Waals surface area contributed by atoms with Crippen LogP contribution in [0.3, 0.4) is 0 Å². The molecule has 1 heterocycles. The number of nitrogens with zero attached hydrogens (tertiary/aromatic N) is 1. The van der Waals surface area contributed by atoms with Gasteiger partial charge in [-0.3, -0.25) is 4.98 Å². The second-order valence-electron chi connectivity index (χ2n) is 4.42. The molecular formula is C15H17FN2O. The summed E-state index contributed by atoms with van der Waals surface area (Å²) in [6.45, 7) is 2.23. The normalized spacial score (nSPS) is 14.1. The van der Waals surface area contributed by atoms with E-state index in [-0.39, 0.29) is 18.4 Å². The highest BCUT2D eigenvalue weighted by Gasteiger charge is 2.14. The molecule has 0 aliphatic heterocycles. The van der Waals surface area contributed by atoms with E-state index < -0.39 is 6.10 Å². The van der Waals surface area contributed by atoms with Crippen LogP contribution in [0.25, 0.3) is 0 Å². The minimum atomic E-state index is -0.868. The highest BCUT2D eigenvalue weighted by Crippen LogP contribution is 2.17. The summed E-state index contributed by atoms with van der Waals surface area (Å²) in [6.07, 6.45) is 0.855. The summed E-state index contributed by atoms with van der Waals surface area (Å²) in [4.78, 5) is 4.23. The maximum absolute atomic E-state index is 13.5. The minimum absolute atomic E-state index is 0.00243. The molecule has 19 heavy (non-hydrogen) atoms. The van der Waals surface area contributed by atoms with Crippen LogP contribution in [0.4, 0.5) is 4.39 Å². The Bertz CT molecular complexity index is 519. The number of aromatic nitrogens is 1. The number of rotatable bonds is 5. The topological polar surface area (TPSA) is 45.1 Å². The molecule has 0 fully saturated rings. The Balaban J connectivity index is 1.94. The van der Waals surface area contributed by atoms with Crippen molar-refractivity contribution in [1.29, 1.82) is 0 Å². The molecule has 2 rings (SSSR count). The fraction of sp³-hybridized carbons (Fsp3) is 0.267. The van der Waals surface area contributed by atoms with Crippen molar-refractivity contribution in [2.75, 3.05) is 6.54 Å². The molecular weight excluding hydrogens is 243 g/mol. The quantitative estimate of drug-likeness (QED) is 0.868. The molecule has 100 valence electrons. The lowest BCUT2D eigenvalue weighted by molar-refractivity contribution is 0.166. The SMILES string of the molecule is CC(NCC(O)c1ccccc1F)c1ccccn1. The fourth-order valence-electron chi connectivity index (χ4n) is 1.88. The number of nitrogens with one attached hydrogen (secondary N) is 1. The maximum atomic E-state index is 13.5. The molecule has 0 aliphatic rings. The van der Waals surface area contributed by atoms with Crippen LogP contribution in [0.1, 0.15) is 30.3 Å². The summed E-state index contributed by atoms with van der Waals surface area (Å²) in [7, 11) is 0. The number of hydrogen-bond donors (Lipinski definition) is 2. The zero-order chi connectivity index (χ0) is 13.7. The third-order valence-electron chi connectivity index (χ3n) is 3.01. The second-order valence-corrected chi connectivity index (χ2v) is 4.42. The molecule has 3 nitrogen and oxygen atoms in total. The van der Waals surface area contributed by atoms with E-state index in [2.05, 4.69) is 10.3 Å². The van der Waals surface area contributed by atoms with Gasteiger partial charge in [0.15, 0.2) is 0 Å². The molecule has 2 aromatic rings. The van der Waals surface area contributed by atoms with Crippen LogP contribution in [0.2, 0.25) is 0 Å². The molecule has 2 N–H and O–H groups in total. The highest BCUT2D eigenvalue weighted by molar-refractivity contribution is 5.20. The predicted octanol–water partition coefficient (Wildman–Crippen LogP) is 2.60. The highest BCUT2D eigenvalue weighted by atomic mass is 19.1. The number of halogens is 1. The monoisotopic (exact) mass is 260 g/mol. The van der Waals surface area contributed by atoms with Crippen molar-refractivity contribution in [3.05, 3.63) is 65.7 Å². The van der Waals surface area contributed by atoms with E-state index in [0.717, 1.165) is 5.69 Å². The lowest BCUT2D eigenvalue weighted by atomic mass is 10.1. The molecule has 0 radical (unpaired) electrons. The third kappa shape index (κ3) is 3.59. The maximum Gasteiger partial charge on any atom is 0.129 e. The lowest BCUT2D eigenvalue weighted by Gasteiger charge is -2.17. The van der Waals surface area contributed by atoms with E-state index in [1.807, 2.05) is 25.1 Å². The van der Waals surface area contributed by atoms with Gasteiger partial charge in [-0.05, 0) is 25.1 Å². The summed E-state index contributed by atoms with van der Waals surface area (Å²) in [5.74, 6) is -0.387. The summed E-state index contributed by atoms with van der Waals surface area (Å²) < 4.78 is 13.5. The van der Waals surface area contributed by atoms with E-state index in [9.17, 15) is 9.50 Å². The van der Waals surface area contributed by atoms with Crippen LogP contribution in [0.15, 0.2) is 48.7 Å². The summed E-state index contributed by atoms with van der Waals surface area (Å²) in [5.41, 5.74) is 1.20. The van der Waals surface area contributed by atoms with Gasteiger partial charge in [0.25, 0.3) is 0 Å². The van der Waals surface area contributed by atoms with Crippen LogP contribution in [0.5, 0.6) is 0 Å². The first-order valence-corrected chi connectivity index (χ1v) is 6.25. The van der Waals surface area contributed by atoms with Crippen molar-refractivity contribution in [2.24, 2.45) is 0 Å². The van der Waals surface area contributed by atoms with Crippen molar-refractivity contribution in [1.82, 2.24) is 10.3 Å². The molecule has 1 aromatic heterocycles. The van der Waals surface area contributed by atoms with Crippen molar-refractivity contribution < 1.29 is 9.50 Å². The van der Waals surface area contributed by atoms with Gasteiger partial charge in [0.2, 0.25) is 0 Å². The van der Waals surface area contributed by atoms with Crippen LogP contribution < -0.4 is 5.32 Å². The number of benzene rings is 1. The van der Waals surface area contributed by atoms with Crippen LogP contribution in [0, 0.1) is 5.82 Å². The number of aliphatic hydroxyl groups is 1. The van der Waals surface area contributed by atoms with Gasteiger partial charge in [0.05, 0.1) is 11.8 Å². The molecule has 0 spiro atoms. The Morgan fingerprint density at radius 1 is 1.21 bits per heavy atom. The first-order chi connectivity index (χ1) is 9.18. The van der Waals surface area contributed by atoms with Gasteiger partial charge in [-0.1, -0.05) is 24.3 Å². The Kier molecular flexibility index (Phi) is 4.60. The average Bonchev–Trinajstić information content (AvgIpc) is 2.46. The van der Waals surface area contributed by atoms with Gasteiger partial charge in [0, 0.05) is 24.3 Å². The lowest BCUT2D eigenvalue weighted by Crippen LogP contribution is -2.25. The van der Waals surface area contributed by atoms with Crippen molar-refractivity contribution in [2.45, 2.75) is 19.1 Å². The number of hydrogen-bond acceptors (Lipinski definition) is 3. The van der Waals surface area contributed by atoms with Crippen LogP contribution >= 0.6 is 0 Å². The predicted molar refractivity (Wildman–Crippen MR) is 72.0 cm³/mol. The molecule has 0 saturated carbocycles. The Morgan fingerprint density at radius 2 is 1.95 bits per heavy atom.